The van der Waals surface area contributed by atoms with Crippen LogP contribution in [-0.4, -0.2) is 10.9 Å². The van der Waals surface area contributed by atoms with Crippen molar-refractivity contribution in [3.05, 3.63) is 52.8 Å². The number of carbonyl (C=O) groups excluding carboxylic acids is 1. The number of aromatic nitrogens is 1. The average molecular weight is 252 g/mol. The number of nitrogens with one attached hydrogen (secondary N) is 2. The van der Waals surface area contributed by atoms with Crippen LogP contribution < -0.4 is 5.32 Å². The van der Waals surface area contributed by atoms with Crippen LogP contribution in [0.3, 0.4) is 0 Å². The van der Waals surface area contributed by atoms with Crippen molar-refractivity contribution in [3.8, 4) is 0 Å². The summed E-state index contributed by atoms with van der Waals surface area (Å²) >= 11 is 0. The maximum Gasteiger partial charge on any atom is 0.256 e. The van der Waals surface area contributed by atoms with Gasteiger partial charge in [0.1, 0.15) is 0 Å². The fourth-order valence-corrected chi connectivity index (χ4v) is 2.60. The number of para-hydroxylation sites is 1. The van der Waals surface area contributed by atoms with E-state index in [1.165, 1.54) is 11.1 Å². The van der Waals surface area contributed by atoms with Crippen LogP contribution in [0.5, 0.6) is 0 Å². The third kappa shape index (κ3) is 1.87. The van der Waals surface area contributed by atoms with E-state index in [4.69, 9.17) is 0 Å². The molecule has 2 N–H and O–H groups in total. The first-order valence-corrected chi connectivity index (χ1v) is 6.50. The van der Waals surface area contributed by atoms with Crippen molar-refractivity contribution in [1.82, 2.24) is 4.98 Å². The highest BCUT2D eigenvalue weighted by Crippen LogP contribution is 2.33. The molecule has 0 fully saturated rings. The van der Waals surface area contributed by atoms with Crippen LogP contribution in [0.15, 0.2) is 30.5 Å². The lowest BCUT2D eigenvalue weighted by Crippen LogP contribution is -2.03. The standard InChI is InChI=1S/C16H16N2O/c1-3-11-10(2)9-17-15(11)8-13-12-6-4-5-7-14(12)18-16(13)19/h4-9,17H,3H2,1-2H3,(H,18,19). The number of hydrogen-bond acceptors (Lipinski definition) is 1. The fraction of sp³-hybridized carbons (Fsp3) is 0.188. The maximum absolute atomic E-state index is 12.0. The lowest BCUT2D eigenvalue weighted by atomic mass is 10.0. The van der Waals surface area contributed by atoms with Gasteiger partial charge in [-0.3, -0.25) is 4.79 Å². The molecule has 1 aliphatic heterocycles. The molecule has 3 rings (SSSR count). The lowest BCUT2D eigenvalue weighted by Gasteiger charge is -2.00. The molecule has 0 unspecified atom stereocenters. The summed E-state index contributed by atoms with van der Waals surface area (Å²) < 4.78 is 0. The first-order valence-electron chi connectivity index (χ1n) is 6.50. The number of carbonyl (C=O) groups is 1. The summed E-state index contributed by atoms with van der Waals surface area (Å²) in [5.74, 6) is -0.0319. The summed E-state index contributed by atoms with van der Waals surface area (Å²) in [7, 11) is 0. The molecular formula is C16H16N2O. The van der Waals surface area contributed by atoms with Crippen molar-refractivity contribution < 1.29 is 4.79 Å². The summed E-state index contributed by atoms with van der Waals surface area (Å²) in [5.41, 5.74) is 6.13. The number of amides is 1. The number of benzene rings is 1. The van der Waals surface area contributed by atoms with E-state index in [-0.39, 0.29) is 5.91 Å². The van der Waals surface area contributed by atoms with E-state index in [0.717, 1.165) is 28.9 Å². The molecule has 1 amide bonds. The molecule has 1 aliphatic rings. The molecule has 0 spiro atoms. The van der Waals surface area contributed by atoms with Gasteiger partial charge in [-0.15, -0.1) is 0 Å². The number of rotatable bonds is 2. The van der Waals surface area contributed by atoms with Crippen molar-refractivity contribution in [3.63, 3.8) is 0 Å². The highest BCUT2D eigenvalue weighted by atomic mass is 16.2. The van der Waals surface area contributed by atoms with Crippen molar-refractivity contribution in [1.29, 1.82) is 0 Å². The molecule has 19 heavy (non-hydrogen) atoms. The zero-order valence-electron chi connectivity index (χ0n) is 11.1. The van der Waals surface area contributed by atoms with Gasteiger partial charge >= 0.3 is 0 Å². The highest BCUT2D eigenvalue weighted by molar-refractivity contribution is 6.34. The van der Waals surface area contributed by atoms with Gasteiger partial charge in [-0.05, 0) is 36.6 Å². The van der Waals surface area contributed by atoms with Gasteiger partial charge in [0.05, 0.1) is 5.57 Å². The van der Waals surface area contributed by atoms with Crippen LogP contribution in [0.4, 0.5) is 5.69 Å². The van der Waals surface area contributed by atoms with Crippen LogP contribution in [0.2, 0.25) is 0 Å². The van der Waals surface area contributed by atoms with E-state index in [0.29, 0.717) is 0 Å². The second-order valence-corrected chi connectivity index (χ2v) is 4.78. The van der Waals surface area contributed by atoms with E-state index in [2.05, 4.69) is 24.1 Å². The number of aryl methyl sites for hydroxylation is 1. The Bertz CT molecular complexity index is 680. The number of aromatic amines is 1. The Hall–Kier alpha value is -2.29. The predicted molar refractivity (Wildman–Crippen MR) is 77.9 cm³/mol. The van der Waals surface area contributed by atoms with Crippen LogP contribution >= 0.6 is 0 Å². The van der Waals surface area contributed by atoms with E-state index >= 15 is 0 Å². The molecular weight excluding hydrogens is 236 g/mol. The van der Waals surface area contributed by atoms with Crippen molar-refractivity contribution in [2.75, 3.05) is 5.32 Å². The monoisotopic (exact) mass is 252 g/mol. The minimum Gasteiger partial charge on any atom is -0.361 e. The molecule has 96 valence electrons. The van der Waals surface area contributed by atoms with Gasteiger partial charge in [-0.25, -0.2) is 0 Å². The summed E-state index contributed by atoms with van der Waals surface area (Å²) in [6, 6.07) is 7.78. The molecule has 0 aliphatic carbocycles. The van der Waals surface area contributed by atoms with Gasteiger partial charge in [0.15, 0.2) is 0 Å². The summed E-state index contributed by atoms with van der Waals surface area (Å²) in [6.45, 7) is 4.21. The Labute approximate surface area is 112 Å². The molecule has 0 atom stereocenters. The van der Waals surface area contributed by atoms with Gasteiger partial charge in [-0.2, -0.15) is 0 Å². The molecule has 0 bridgehead atoms. The quantitative estimate of drug-likeness (QED) is 0.791. The number of fused-ring (bicyclic) bond motifs is 1. The zero-order valence-corrected chi connectivity index (χ0v) is 11.1. The van der Waals surface area contributed by atoms with Gasteiger partial charge in [-0.1, -0.05) is 25.1 Å². The van der Waals surface area contributed by atoms with E-state index in [1.54, 1.807) is 0 Å². The molecule has 2 heterocycles. The first kappa shape index (κ1) is 11.8. The SMILES string of the molecule is CCc1c(C)c[nH]c1C=C1C(=O)Nc2ccccc21. The Balaban J connectivity index is 2.11. The number of H-pyrrole nitrogens is 1. The summed E-state index contributed by atoms with van der Waals surface area (Å²) in [6.07, 6.45) is 4.90. The maximum atomic E-state index is 12.0. The van der Waals surface area contributed by atoms with Crippen LogP contribution in [0, 0.1) is 6.92 Å². The van der Waals surface area contributed by atoms with Crippen molar-refractivity contribution in [2.24, 2.45) is 0 Å². The average Bonchev–Trinajstić information content (AvgIpc) is 2.91. The minimum absolute atomic E-state index is 0.0319. The zero-order chi connectivity index (χ0) is 13.4. The topological polar surface area (TPSA) is 44.9 Å². The van der Waals surface area contributed by atoms with Gasteiger partial charge in [0.25, 0.3) is 5.91 Å². The summed E-state index contributed by atoms with van der Waals surface area (Å²) in [4.78, 5) is 15.3. The largest absolute Gasteiger partial charge is 0.361 e. The number of hydrogen-bond donors (Lipinski definition) is 2. The molecule has 2 aromatic rings. The van der Waals surface area contributed by atoms with Gasteiger partial charge in [0, 0.05) is 23.1 Å². The van der Waals surface area contributed by atoms with Gasteiger partial charge < -0.3 is 10.3 Å². The highest BCUT2D eigenvalue weighted by Gasteiger charge is 2.23. The number of anilines is 1. The smallest absolute Gasteiger partial charge is 0.256 e. The third-order valence-corrected chi connectivity index (χ3v) is 3.60. The second kappa shape index (κ2) is 4.43. The second-order valence-electron chi connectivity index (χ2n) is 4.78. The van der Waals surface area contributed by atoms with Crippen LogP contribution in [0.1, 0.15) is 29.3 Å². The Morgan fingerprint density at radius 1 is 1.26 bits per heavy atom. The first-order chi connectivity index (χ1) is 9.20. The molecule has 0 saturated heterocycles. The minimum atomic E-state index is -0.0319. The van der Waals surface area contributed by atoms with E-state index in [1.807, 2.05) is 36.5 Å². The van der Waals surface area contributed by atoms with Gasteiger partial charge in [0.2, 0.25) is 0 Å². The molecule has 0 saturated carbocycles. The predicted octanol–water partition coefficient (Wildman–Crippen LogP) is 3.38. The lowest BCUT2D eigenvalue weighted by molar-refractivity contribution is -0.110. The van der Waals surface area contributed by atoms with Crippen molar-refractivity contribution in [2.45, 2.75) is 20.3 Å². The van der Waals surface area contributed by atoms with Crippen LogP contribution in [0.25, 0.3) is 11.6 Å². The molecule has 1 aromatic heterocycles. The Morgan fingerprint density at radius 3 is 2.84 bits per heavy atom. The van der Waals surface area contributed by atoms with Crippen LogP contribution in [-0.2, 0) is 11.2 Å². The fourth-order valence-electron chi connectivity index (χ4n) is 2.60. The molecule has 3 nitrogen and oxygen atoms in total. The normalized spacial score (nSPS) is 15.7. The van der Waals surface area contributed by atoms with Crippen molar-refractivity contribution >= 4 is 23.2 Å². The molecule has 3 heteroatoms. The van der Waals surface area contributed by atoms with E-state index in [9.17, 15) is 4.79 Å². The Kier molecular flexibility index (Phi) is 2.75. The molecule has 0 radical (unpaired) electrons. The Morgan fingerprint density at radius 2 is 2.05 bits per heavy atom. The third-order valence-electron chi connectivity index (χ3n) is 3.60. The van der Waals surface area contributed by atoms with E-state index < -0.39 is 0 Å². The summed E-state index contributed by atoms with van der Waals surface area (Å²) in [5, 5.41) is 2.89. The molecule has 1 aromatic carbocycles.